The van der Waals surface area contributed by atoms with Crippen molar-refractivity contribution in [2.24, 2.45) is 0 Å². The molecule has 0 unspecified atom stereocenters. The van der Waals surface area contributed by atoms with Gasteiger partial charge in [-0.15, -0.1) is 0 Å². The van der Waals surface area contributed by atoms with E-state index in [0.717, 1.165) is 51.4 Å². The second-order valence-corrected chi connectivity index (χ2v) is 5.52. The van der Waals surface area contributed by atoms with Gasteiger partial charge >= 0.3 is 0 Å². The van der Waals surface area contributed by atoms with E-state index in [1.165, 1.54) is 5.56 Å². The molecule has 19 heavy (non-hydrogen) atoms. The molecule has 1 fully saturated rings. The quantitative estimate of drug-likeness (QED) is 0.855. The van der Waals surface area contributed by atoms with Gasteiger partial charge in [-0.25, -0.2) is 0 Å². The van der Waals surface area contributed by atoms with Crippen molar-refractivity contribution in [2.75, 3.05) is 19.8 Å². The summed E-state index contributed by atoms with van der Waals surface area (Å²) in [5.74, 6) is 0.961. The fourth-order valence-electron chi connectivity index (χ4n) is 2.24. The number of ether oxygens (including phenoxy) is 2. The Kier molecular flexibility index (Phi) is 5.23. The summed E-state index contributed by atoms with van der Waals surface area (Å²) in [6, 6.07) is 8.39. The van der Waals surface area contributed by atoms with Gasteiger partial charge in [-0.2, -0.15) is 0 Å². The summed E-state index contributed by atoms with van der Waals surface area (Å²) >= 11 is 0. The van der Waals surface area contributed by atoms with Crippen LogP contribution in [0.3, 0.4) is 0 Å². The Morgan fingerprint density at radius 1 is 1.21 bits per heavy atom. The Hall–Kier alpha value is -1.06. The molecule has 1 aromatic rings. The lowest BCUT2D eigenvalue weighted by Crippen LogP contribution is -2.46. The minimum Gasteiger partial charge on any atom is -0.494 e. The molecule has 0 saturated carbocycles. The SMILES string of the molecule is CCCOc1ccc(CNC2(C)CCOCC2)cc1. The molecular weight excluding hydrogens is 238 g/mol. The predicted molar refractivity (Wildman–Crippen MR) is 77.5 cm³/mol. The van der Waals surface area contributed by atoms with Gasteiger partial charge in [0.05, 0.1) is 6.61 Å². The summed E-state index contributed by atoms with van der Waals surface area (Å²) in [6.45, 7) is 7.84. The lowest BCUT2D eigenvalue weighted by molar-refractivity contribution is 0.0446. The molecular formula is C16H25NO2. The Bertz CT molecular complexity index is 369. The van der Waals surface area contributed by atoms with Crippen LogP contribution in [-0.4, -0.2) is 25.4 Å². The number of hydrogen-bond acceptors (Lipinski definition) is 3. The lowest BCUT2D eigenvalue weighted by atomic mass is 9.92. The summed E-state index contributed by atoms with van der Waals surface area (Å²) < 4.78 is 11.0. The third-order valence-electron chi connectivity index (χ3n) is 3.71. The molecule has 1 heterocycles. The Morgan fingerprint density at radius 3 is 2.53 bits per heavy atom. The maximum absolute atomic E-state index is 5.59. The van der Waals surface area contributed by atoms with E-state index < -0.39 is 0 Å². The Labute approximate surface area is 116 Å². The predicted octanol–water partition coefficient (Wildman–Crippen LogP) is 3.13. The molecule has 3 nitrogen and oxygen atoms in total. The van der Waals surface area contributed by atoms with Gasteiger partial charge < -0.3 is 14.8 Å². The second-order valence-electron chi connectivity index (χ2n) is 5.52. The summed E-state index contributed by atoms with van der Waals surface area (Å²) in [6.07, 6.45) is 3.22. The van der Waals surface area contributed by atoms with Crippen LogP contribution in [-0.2, 0) is 11.3 Å². The molecule has 0 radical (unpaired) electrons. The van der Waals surface area contributed by atoms with E-state index in [1.807, 2.05) is 0 Å². The molecule has 0 aromatic heterocycles. The van der Waals surface area contributed by atoms with E-state index in [2.05, 4.69) is 43.4 Å². The molecule has 0 bridgehead atoms. The third kappa shape index (κ3) is 4.51. The first-order valence-electron chi connectivity index (χ1n) is 7.26. The van der Waals surface area contributed by atoms with Crippen molar-refractivity contribution in [3.63, 3.8) is 0 Å². The van der Waals surface area contributed by atoms with Gasteiger partial charge in [0.25, 0.3) is 0 Å². The zero-order chi connectivity index (χ0) is 13.6. The van der Waals surface area contributed by atoms with Crippen molar-refractivity contribution in [3.05, 3.63) is 29.8 Å². The summed E-state index contributed by atoms with van der Waals surface area (Å²) in [5.41, 5.74) is 1.52. The van der Waals surface area contributed by atoms with Crippen LogP contribution in [0.5, 0.6) is 5.75 Å². The van der Waals surface area contributed by atoms with E-state index >= 15 is 0 Å². The monoisotopic (exact) mass is 263 g/mol. The van der Waals surface area contributed by atoms with Crippen LogP contribution in [0.25, 0.3) is 0 Å². The highest BCUT2D eigenvalue weighted by Crippen LogP contribution is 2.20. The average Bonchev–Trinajstić information content (AvgIpc) is 2.45. The molecule has 0 amide bonds. The molecule has 1 aliphatic heterocycles. The van der Waals surface area contributed by atoms with Gasteiger partial charge in [-0.05, 0) is 43.9 Å². The van der Waals surface area contributed by atoms with Crippen molar-refractivity contribution in [1.82, 2.24) is 5.32 Å². The standard InChI is InChI=1S/C16H25NO2/c1-3-10-19-15-6-4-14(5-7-15)13-17-16(2)8-11-18-12-9-16/h4-7,17H,3,8-13H2,1-2H3. The molecule has 1 aromatic carbocycles. The van der Waals surface area contributed by atoms with Crippen LogP contribution in [0.2, 0.25) is 0 Å². The van der Waals surface area contributed by atoms with Gasteiger partial charge in [0, 0.05) is 25.3 Å². The van der Waals surface area contributed by atoms with E-state index in [9.17, 15) is 0 Å². The zero-order valence-corrected chi connectivity index (χ0v) is 12.1. The van der Waals surface area contributed by atoms with Crippen LogP contribution in [0, 0.1) is 0 Å². The van der Waals surface area contributed by atoms with E-state index in [0.29, 0.717) is 0 Å². The third-order valence-corrected chi connectivity index (χ3v) is 3.71. The molecule has 0 aliphatic carbocycles. The number of rotatable bonds is 6. The van der Waals surface area contributed by atoms with Gasteiger partial charge in [0.2, 0.25) is 0 Å². The molecule has 1 aliphatic rings. The van der Waals surface area contributed by atoms with Crippen molar-refractivity contribution in [1.29, 1.82) is 0 Å². The first-order valence-corrected chi connectivity index (χ1v) is 7.26. The molecule has 0 spiro atoms. The number of nitrogens with one attached hydrogen (secondary N) is 1. The molecule has 3 heteroatoms. The number of benzene rings is 1. The molecule has 1 N–H and O–H groups in total. The fourth-order valence-corrected chi connectivity index (χ4v) is 2.24. The van der Waals surface area contributed by atoms with Crippen molar-refractivity contribution < 1.29 is 9.47 Å². The van der Waals surface area contributed by atoms with Crippen molar-refractivity contribution in [3.8, 4) is 5.75 Å². The van der Waals surface area contributed by atoms with Gasteiger partial charge in [-0.3, -0.25) is 0 Å². The summed E-state index contributed by atoms with van der Waals surface area (Å²) in [7, 11) is 0. The Morgan fingerprint density at radius 2 is 1.89 bits per heavy atom. The van der Waals surface area contributed by atoms with E-state index in [-0.39, 0.29) is 5.54 Å². The highest BCUT2D eigenvalue weighted by Gasteiger charge is 2.26. The van der Waals surface area contributed by atoms with Crippen molar-refractivity contribution in [2.45, 2.75) is 45.2 Å². The Balaban J connectivity index is 1.82. The molecule has 106 valence electrons. The minimum atomic E-state index is 0.218. The highest BCUT2D eigenvalue weighted by atomic mass is 16.5. The smallest absolute Gasteiger partial charge is 0.119 e. The van der Waals surface area contributed by atoms with Crippen LogP contribution < -0.4 is 10.1 Å². The van der Waals surface area contributed by atoms with Crippen LogP contribution in [0.4, 0.5) is 0 Å². The molecule has 0 atom stereocenters. The van der Waals surface area contributed by atoms with E-state index in [4.69, 9.17) is 9.47 Å². The first kappa shape index (κ1) is 14.4. The summed E-state index contributed by atoms with van der Waals surface area (Å²) in [5, 5.41) is 3.66. The zero-order valence-electron chi connectivity index (χ0n) is 12.1. The van der Waals surface area contributed by atoms with Gasteiger partial charge in [-0.1, -0.05) is 19.1 Å². The van der Waals surface area contributed by atoms with Crippen LogP contribution >= 0.6 is 0 Å². The second kappa shape index (κ2) is 6.92. The molecule has 1 saturated heterocycles. The van der Waals surface area contributed by atoms with Crippen molar-refractivity contribution >= 4 is 0 Å². The number of hydrogen-bond donors (Lipinski definition) is 1. The highest BCUT2D eigenvalue weighted by molar-refractivity contribution is 5.27. The normalized spacial score (nSPS) is 18.2. The largest absolute Gasteiger partial charge is 0.494 e. The van der Waals surface area contributed by atoms with Gasteiger partial charge in [0.15, 0.2) is 0 Å². The van der Waals surface area contributed by atoms with Crippen LogP contribution in [0.1, 0.15) is 38.7 Å². The lowest BCUT2D eigenvalue weighted by Gasteiger charge is -2.34. The minimum absolute atomic E-state index is 0.218. The summed E-state index contributed by atoms with van der Waals surface area (Å²) in [4.78, 5) is 0. The van der Waals surface area contributed by atoms with Gasteiger partial charge in [0.1, 0.15) is 5.75 Å². The molecule has 2 rings (SSSR count). The maximum Gasteiger partial charge on any atom is 0.119 e. The topological polar surface area (TPSA) is 30.5 Å². The first-order chi connectivity index (χ1) is 9.22. The van der Waals surface area contributed by atoms with Crippen LogP contribution in [0.15, 0.2) is 24.3 Å². The maximum atomic E-state index is 5.59. The fraction of sp³-hybridized carbons (Fsp3) is 0.625. The van der Waals surface area contributed by atoms with E-state index in [1.54, 1.807) is 0 Å². The average molecular weight is 263 g/mol.